The number of carbonyl (C=O) groups excluding carboxylic acids is 1. The highest BCUT2D eigenvalue weighted by Gasteiger charge is 2.09. The van der Waals surface area contributed by atoms with Gasteiger partial charge in [-0.1, -0.05) is 12.0 Å². The van der Waals surface area contributed by atoms with Gasteiger partial charge in [0.15, 0.2) is 0 Å². The monoisotopic (exact) mass is 235 g/mol. The van der Waals surface area contributed by atoms with E-state index in [1.165, 1.54) is 4.88 Å². The van der Waals surface area contributed by atoms with E-state index in [1.54, 1.807) is 16.2 Å². The Balaban J connectivity index is 2.26. The van der Waals surface area contributed by atoms with Gasteiger partial charge in [0.1, 0.15) is 0 Å². The van der Waals surface area contributed by atoms with Crippen LogP contribution in [0.4, 0.5) is 0 Å². The van der Waals surface area contributed by atoms with E-state index in [0.29, 0.717) is 19.5 Å². The van der Waals surface area contributed by atoms with Crippen molar-refractivity contribution >= 4 is 17.2 Å². The Morgan fingerprint density at radius 2 is 2.44 bits per heavy atom. The van der Waals surface area contributed by atoms with Gasteiger partial charge in [0.05, 0.1) is 6.54 Å². The highest BCUT2D eigenvalue weighted by Crippen LogP contribution is 2.12. The molecule has 0 aliphatic heterocycles. The Bertz CT molecular complexity index is 351. The number of aryl methyl sites for hydroxylation is 1. The van der Waals surface area contributed by atoms with Crippen LogP contribution in [0.5, 0.6) is 0 Å². The first-order chi connectivity index (χ1) is 7.77. The molecule has 0 spiro atoms. The van der Waals surface area contributed by atoms with Gasteiger partial charge in [-0.2, -0.15) is 0 Å². The van der Waals surface area contributed by atoms with Crippen LogP contribution in [0.2, 0.25) is 0 Å². The van der Waals surface area contributed by atoms with Crippen molar-refractivity contribution in [2.24, 2.45) is 0 Å². The van der Waals surface area contributed by atoms with E-state index in [0.717, 1.165) is 12.8 Å². The first-order valence-electron chi connectivity index (χ1n) is 5.51. The maximum Gasteiger partial charge on any atom is 0.223 e. The molecule has 1 heterocycles. The second-order valence-electron chi connectivity index (χ2n) is 3.54. The Hall–Kier alpha value is -1.27. The average Bonchev–Trinajstić information content (AvgIpc) is 2.78. The molecule has 0 aromatic carbocycles. The summed E-state index contributed by atoms with van der Waals surface area (Å²) in [4.78, 5) is 14.8. The van der Waals surface area contributed by atoms with E-state index in [-0.39, 0.29) is 5.91 Å². The van der Waals surface area contributed by atoms with Gasteiger partial charge in [-0.25, -0.2) is 0 Å². The van der Waals surface area contributed by atoms with Gasteiger partial charge in [0.2, 0.25) is 5.91 Å². The molecule has 0 radical (unpaired) electrons. The summed E-state index contributed by atoms with van der Waals surface area (Å²) in [6.07, 6.45) is 7.68. The molecule has 1 aromatic heterocycles. The zero-order chi connectivity index (χ0) is 11.8. The number of thiophene rings is 1. The SMILES string of the molecule is C#CCN(CC)C(=O)CCCc1cccs1. The topological polar surface area (TPSA) is 20.3 Å². The van der Waals surface area contributed by atoms with Gasteiger partial charge in [-0.3, -0.25) is 4.79 Å². The molecule has 16 heavy (non-hydrogen) atoms. The zero-order valence-corrected chi connectivity index (χ0v) is 10.4. The molecule has 1 rings (SSSR count). The molecule has 0 aliphatic carbocycles. The Kier molecular flexibility index (Phi) is 5.66. The average molecular weight is 235 g/mol. The van der Waals surface area contributed by atoms with E-state index >= 15 is 0 Å². The fourth-order valence-electron chi connectivity index (χ4n) is 1.51. The van der Waals surface area contributed by atoms with Gasteiger partial charge in [0, 0.05) is 17.8 Å². The van der Waals surface area contributed by atoms with Crippen molar-refractivity contribution in [3.63, 3.8) is 0 Å². The standard InChI is InChI=1S/C13H17NOS/c1-3-10-14(4-2)13(15)9-5-7-12-8-6-11-16-12/h1,6,8,11H,4-5,7,9-10H2,2H3. The van der Waals surface area contributed by atoms with Gasteiger partial charge in [0.25, 0.3) is 0 Å². The van der Waals surface area contributed by atoms with Crippen LogP contribution in [0.15, 0.2) is 17.5 Å². The number of terminal acetylenes is 1. The molecule has 1 aromatic rings. The van der Waals surface area contributed by atoms with Crippen molar-refractivity contribution in [1.82, 2.24) is 4.90 Å². The van der Waals surface area contributed by atoms with E-state index in [9.17, 15) is 4.79 Å². The molecule has 2 nitrogen and oxygen atoms in total. The molecule has 0 fully saturated rings. The van der Waals surface area contributed by atoms with Crippen molar-refractivity contribution in [2.75, 3.05) is 13.1 Å². The summed E-state index contributed by atoms with van der Waals surface area (Å²) in [5.41, 5.74) is 0. The third-order valence-corrected chi connectivity index (χ3v) is 3.35. The van der Waals surface area contributed by atoms with Gasteiger partial charge < -0.3 is 4.90 Å². The molecule has 0 atom stereocenters. The minimum Gasteiger partial charge on any atom is -0.332 e. The Morgan fingerprint density at radius 1 is 1.62 bits per heavy atom. The predicted octanol–water partition coefficient (Wildman–Crippen LogP) is 2.55. The molecule has 1 amide bonds. The van der Waals surface area contributed by atoms with Crippen LogP contribution in [0, 0.1) is 12.3 Å². The summed E-state index contributed by atoms with van der Waals surface area (Å²) in [6, 6.07) is 4.15. The summed E-state index contributed by atoms with van der Waals surface area (Å²) in [7, 11) is 0. The van der Waals surface area contributed by atoms with E-state index < -0.39 is 0 Å². The summed E-state index contributed by atoms with van der Waals surface area (Å²) in [6.45, 7) is 3.07. The quantitative estimate of drug-likeness (QED) is 0.694. The van der Waals surface area contributed by atoms with Crippen LogP contribution in [-0.4, -0.2) is 23.9 Å². The first kappa shape index (κ1) is 12.8. The van der Waals surface area contributed by atoms with Crippen molar-refractivity contribution in [3.05, 3.63) is 22.4 Å². The fourth-order valence-corrected chi connectivity index (χ4v) is 2.26. The third kappa shape index (κ3) is 4.08. The van der Waals surface area contributed by atoms with Crippen LogP contribution in [-0.2, 0) is 11.2 Å². The molecular weight excluding hydrogens is 218 g/mol. The van der Waals surface area contributed by atoms with Crippen LogP contribution in [0.3, 0.4) is 0 Å². The molecule has 0 saturated carbocycles. The summed E-state index contributed by atoms with van der Waals surface area (Å²) in [5, 5.41) is 2.06. The number of hydrogen-bond donors (Lipinski definition) is 0. The van der Waals surface area contributed by atoms with Crippen molar-refractivity contribution in [1.29, 1.82) is 0 Å². The van der Waals surface area contributed by atoms with Crippen LogP contribution in [0.1, 0.15) is 24.6 Å². The molecular formula is C13H17NOS. The summed E-state index contributed by atoms with van der Waals surface area (Å²) >= 11 is 1.74. The lowest BCUT2D eigenvalue weighted by Gasteiger charge is -2.17. The molecule has 0 saturated heterocycles. The lowest BCUT2D eigenvalue weighted by Crippen LogP contribution is -2.30. The second-order valence-corrected chi connectivity index (χ2v) is 4.58. The Morgan fingerprint density at radius 3 is 3.00 bits per heavy atom. The minimum atomic E-state index is 0.164. The van der Waals surface area contributed by atoms with Crippen molar-refractivity contribution in [3.8, 4) is 12.3 Å². The number of hydrogen-bond acceptors (Lipinski definition) is 2. The second kappa shape index (κ2) is 7.08. The van der Waals surface area contributed by atoms with Crippen LogP contribution < -0.4 is 0 Å². The number of amides is 1. The highest BCUT2D eigenvalue weighted by molar-refractivity contribution is 7.09. The Labute approximate surface area is 101 Å². The van der Waals surface area contributed by atoms with Gasteiger partial charge in [-0.05, 0) is 31.2 Å². The summed E-state index contributed by atoms with van der Waals surface area (Å²) in [5.74, 6) is 2.67. The number of nitrogens with zero attached hydrogens (tertiary/aromatic N) is 1. The number of rotatable bonds is 6. The normalized spacial score (nSPS) is 9.75. The lowest BCUT2D eigenvalue weighted by molar-refractivity contribution is -0.130. The van der Waals surface area contributed by atoms with E-state index in [2.05, 4.69) is 17.4 Å². The highest BCUT2D eigenvalue weighted by atomic mass is 32.1. The van der Waals surface area contributed by atoms with E-state index in [4.69, 9.17) is 6.42 Å². The molecule has 0 aliphatic rings. The van der Waals surface area contributed by atoms with Crippen molar-refractivity contribution < 1.29 is 4.79 Å². The molecule has 0 N–H and O–H groups in total. The molecule has 86 valence electrons. The number of carbonyl (C=O) groups is 1. The minimum absolute atomic E-state index is 0.164. The smallest absolute Gasteiger partial charge is 0.223 e. The third-order valence-electron chi connectivity index (χ3n) is 2.41. The van der Waals surface area contributed by atoms with Crippen LogP contribution >= 0.6 is 11.3 Å². The molecule has 3 heteroatoms. The largest absolute Gasteiger partial charge is 0.332 e. The molecule has 0 unspecified atom stereocenters. The molecule has 0 bridgehead atoms. The predicted molar refractivity (Wildman–Crippen MR) is 68.3 cm³/mol. The maximum atomic E-state index is 11.7. The van der Waals surface area contributed by atoms with Gasteiger partial charge in [-0.15, -0.1) is 17.8 Å². The lowest BCUT2D eigenvalue weighted by atomic mass is 10.2. The van der Waals surface area contributed by atoms with E-state index in [1.807, 2.05) is 13.0 Å². The maximum absolute atomic E-state index is 11.7. The van der Waals surface area contributed by atoms with Crippen LogP contribution in [0.25, 0.3) is 0 Å². The fraction of sp³-hybridized carbons (Fsp3) is 0.462. The van der Waals surface area contributed by atoms with Crippen molar-refractivity contribution in [2.45, 2.75) is 26.2 Å². The first-order valence-corrected chi connectivity index (χ1v) is 6.39. The zero-order valence-electron chi connectivity index (χ0n) is 9.61. The summed E-state index contributed by atoms with van der Waals surface area (Å²) < 4.78 is 0. The van der Waals surface area contributed by atoms with Gasteiger partial charge >= 0.3 is 0 Å².